The number of nitrogens with zero attached hydrogens (tertiary/aromatic N) is 2. The van der Waals surface area contributed by atoms with Gasteiger partial charge in [0.25, 0.3) is 11.8 Å². The van der Waals surface area contributed by atoms with Crippen molar-refractivity contribution < 1.29 is 38.2 Å². The van der Waals surface area contributed by atoms with Gasteiger partial charge in [0.15, 0.2) is 0 Å². The zero-order valence-electron chi connectivity index (χ0n) is 15.3. The maximum absolute atomic E-state index is 12.0. The second-order valence-electron chi connectivity index (χ2n) is 6.19. The zero-order valence-corrected chi connectivity index (χ0v) is 15.3. The van der Waals surface area contributed by atoms with Gasteiger partial charge in [0.05, 0.1) is 13.2 Å². The van der Waals surface area contributed by atoms with Gasteiger partial charge in [0.1, 0.15) is 11.8 Å². The summed E-state index contributed by atoms with van der Waals surface area (Å²) in [7, 11) is 0. The molecule has 0 unspecified atom stereocenters. The maximum Gasteiger partial charge on any atom is 0.318 e. The predicted molar refractivity (Wildman–Crippen MR) is 88.0 cm³/mol. The van der Waals surface area contributed by atoms with Gasteiger partial charge >= 0.3 is 11.9 Å². The largest absolute Gasteiger partial charge is 0.465 e. The van der Waals surface area contributed by atoms with E-state index in [0.29, 0.717) is 6.42 Å². The van der Waals surface area contributed by atoms with Gasteiger partial charge in [-0.2, -0.15) is 0 Å². The summed E-state index contributed by atoms with van der Waals surface area (Å²) in [4.78, 5) is 73.5. The highest BCUT2D eigenvalue weighted by molar-refractivity contribution is 6.42. The third-order valence-corrected chi connectivity index (χ3v) is 4.43. The lowest BCUT2D eigenvalue weighted by molar-refractivity contribution is -0.152. The second-order valence-corrected chi connectivity index (χ2v) is 6.19. The summed E-state index contributed by atoms with van der Waals surface area (Å²) in [5.74, 6) is -6.83. The molecule has 2 saturated heterocycles. The maximum atomic E-state index is 12.0. The average molecular weight is 382 g/mol. The number of hydrogen-bond donors (Lipinski definition) is 0. The van der Waals surface area contributed by atoms with Gasteiger partial charge in [-0.15, -0.1) is 0 Å². The Morgan fingerprint density at radius 1 is 0.815 bits per heavy atom. The van der Waals surface area contributed by atoms with Crippen LogP contribution in [0.3, 0.4) is 0 Å². The van der Waals surface area contributed by atoms with Crippen LogP contribution in [0.1, 0.15) is 20.3 Å². The van der Waals surface area contributed by atoms with Crippen LogP contribution in [-0.4, -0.2) is 84.5 Å². The number of amides is 2. The van der Waals surface area contributed by atoms with Gasteiger partial charge in [0.2, 0.25) is 11.6 Å². The molecular weight excluding hydrogens is 360 g/mol. The third-order valence-electron chi connectivity index (χ3n) is 4.43. The Morgan fingerprint density at radius 2 is 1.19 bits per heavy atom. The van der Waals surface area contributed by atoms with Crippen LogP contribution in [0.4, 0.5) is 0 Å². The highest BCUT2D eigenvalue weighted by atomic mass is 16.5. The van der Waals surface area contributed by atoms with Crippen molar-refractivity contribution in [1.82, 2.24) is 9.80 Å². The highest BCUT2D eigenvalue weighted by Crippen LogP contribution is 2.19. The molecule has 0 saturated carbocycles. The molecule has 2 heterocycles. The van der Waals surface area contributed by atoms with Crippen molar-refractivity contribution in [2.24, 2.45) is 11.8 Å². The lowest BCUT2D eigenvalue weighted by Gasteiger charge is -2.19. The van der Waals surface area contributed by atoms with Gasteiger partial charge in [-0.05, 0) is 20.3 Å². The lowest BCUT2D eigenvalue weighted by Crippen LogP contribution is -2.33. The Bertz CT molecular complexity index is 618. The van der Waals surface area contributed by atoms with E-state index in [1.165, 1.54) is 9.80 Å². The molecule has 0 aliphatic carbocycles. The van der Waals surface area contributed by atoms with E-state index in [9.17, 15) is 28.8 Å². The molecule has 10 heteroatoms. The summed E-state index contributed by atoms with van der Waals surface area (Å²) in [5.41, 5.74) is 0. The van der Waals surface area contributed by atoms with Crippen molar-refractivity contribution in [3.63, 3.8) is 0 Å². The molecule has 0 spiro atoms. The summed E-state index contributed by atoms with van der Waals surface area (Å²) in [6.07, 6.45) is 0.295. The van der Waals surface area contributed by atoms with E-state index in [2.05, 4.69) is 0 Å². The fourth-order valence-corrected chi connectivity index (χ4v) is 3.07. The number of likely N-dealkylation sites (tertiary alicyclic amines) is 2. The minimum absolute atomic E-state index is 0.0607. The molecule has 27 heavy (non-hydrogen) atoms. The summed E-state index contributed by atoms with van der Waals surface area (Å²) in [6, 6.07) is 0. The quantitative estimate of drug-likeness (QED) is 0.284. The Hall–Kier alpha value is -2.78. The fourth-order valence-electron chi connectivity index (χ4n) is 3.07. The molecule has 148 valence electrons. The molecule has 0 aromatic carbocycles. The fraction of sp³-hybridized carbons (Fsp3) is 0.647. The standard InChI is InChI=1S/C17H22N2O8/c1-3-26-16(24)10-8-18(14(22)12(10)20)6-5-7-19-9-11(13(21)15(19)23)17(25)27-4-2/h10-11H,3-9H2,1-2H3/t10-,11+. The van der Waals surface area contributed by atoms with Crippen LogP contribution < -0.4 is 0 Å². The normalized spacial score (nSPS) is 22.6. The molecule has 2 atom stereocenters. The summed E-state index contributed by atoms with van der Waals surface area (Å²) in [5, 5.41) is 0. The van der Waals surface area contributed by atoms with Crippen LogP contribution in [0.25, 0.3) is 0 Å². The van der Waals surface area contributed by atoms with Crippen LogP contribution in [0, 0.1) is 11.8 Å². The molecule has 0 bridgehead atoms. The van der Waals surface area contributed by atoms with Crippen LogP contribution in [0.15, 0.2) is 0 Å². The first-order valence-electron chi connectivity index (χ1n) is 8.81. The summed E-state index contributed by atoms with van der Waals surface area (Å²) in [6.45, 7) is 3.60. The van der Waals surface area contributed by atoms with Crippen LogP contribution in [-0.2, 0) is 38.2 Å². The molecular formula is C17H22N2O8. The molecule has 2 rings (SSSR count). The molecule has 2 aliphatic rings. The van der Waals surface area contributed by atoms with Crippen molar-refractivity contribution in [3.8, 4) is 0 Å². The molecule has 0 aromatic heterocycles. The number of hydrogen-bond acceptors (Lipinski definition) is 8. The highest BCUT2D eigenvalue weighted by Gasteiger charge is 2.45. The molecule has 2 fully saturated rings. The third kappa shape index (κ3) is 4.32. The topological polar surface area (TPSA) is 127 Å². The van der Waals surface area contributed by atoms with Gasteiger partial charge in [-0.3, -0.25) is 28.8 Å². The molecule has 2 aliphatic heterocycles. The average Bonchev–Trinajstić information content (AvgIpc) is 3.07. The first-order valence-corrected chi connectivity index (χ1v) is 8.81. The number of rotatable bonds is 8. The van der Waals surface area contributed by atoms with E-state index >= 15 is 0 Å². The van der Waals surface area contributed by atoms with E-state index < -0.39 is 47.2 Å². The molecule has 2 amide bonds. The van der Waals surface area contributed by atoms with E-state index in [4.69, 9.17) is 9.47 Å². The first-order chi connectivity index (χ1) is 12.8. The van der Waals surface area contributed by atoms with Crippen molar-refractivity contribution in [1.29, 1.82) is 0 Å². The van der Waals surface area contributed by atoms with Gasteiger partial charge in [-0.1, -0.05) is 0 Å². The van der Waals surface area contributed by atoms with Crippen molar-refractivity contribution in [2.75, 3.05) is 39.4 Å². The smallest absolute Gasteiger partial charge is 0.318 e. The van der Waals surface area contributed by atoms with Gasteiger partial charge in [0, 0.05) is 26.2 Å². The Balaban J connectivity index is 1.86. The SMILES string of the molecule is CCOC(=O)[C@H]1CN(CCCN2C[C@@H](C(=O)OCC)C(=O)C2=O)C(=O)C1=O. The minimum atomic E-state index is -1.12. The van der Waals surface area contributed by atoms with E-state index in [1.54, 1.807) is 13.8 Å². The molecule has 0 N–H and O–H groups in total. The second kappa shape index (κ2) is 8.74. The number of carbonyl (C=O) groups is 6. The number of carbonyl (C=O) groups excluding carboxylic acids is 6. The van der Waals surface area contributed by atoms with Crippen molar-refractivity contribution >= 4 is 35.3 Å². The Kier molecular flexibility index (Phi) is 6.65. The molecule has 0 aromatic rings. The zero-order chi connectivity index (χ0) is 20.1. The van der Waals surface area contributed by atoms with E-state index in [0.717, 1.165) is 0 Å². The lowest BCUT2D eigenvalue weighted by atomic mass is 10.1. The van der Waals surface area contributed by atoms with Crippen LogP contribution >= 0.6 is 0 Å². The van der Waals surface area contributed by atoms with E-state index in [1.807, 2.05) is 0 Å². The van der Waals surface area contributed by atoms with Crippen LogP contribution in [0.5, 0.6) is 0 Å². The number of ketones is 2. The Morgan fingerprint density at radius 3 is 1.52 bits per heavy atom. The first kappa shape index (κ1) is 20.5. The summed E-state index contributed by atoms with van der Waals surface area (Å²) < 4.78 is 9.57. The van der Waals surface area contributed by atoms with Crippen LogP contribution in [0.2, 0.25) is 0 Å². The minimum Gasteiger partial charge on any atom is -0.465 e. The van der Waals surface area contributed by atoms with E-state index in [-0.39, 0.29) is 39.4 Å². The van der Waals surface area contributed by atoms with Crippen molar-refractivity contribution in [2.45, 2.75) is 20.3 Å². The van der Waals surface area contributed by atoms with Crippen molar-refractivity contribution in [3.05, 3.63) is 0 Å². The monoisotopic (exact) mass is 382 g/mol. The van der Waals surface area contributed by atoms with Gasteiger partial charge in [-0.25, -0.2) is 0 Å². The molecule has 0 radical (unpaired) electrons. The Labute approximate surface area is 155 Å². The number of esters is 2. The molecule has 10 nitrogen and oxygen atoms in total. The summed E-state index contributed by atoms with van der Waals surface area (Å²) >= 11 is 0. The number of Topliss-reactive ketones (excluding diaryl/α,β-unsaturated/α-hetero) is 2. The number of ether oxygens (including phenoxy) is 2. The predicted octanol–water partition coefficient (Wildman–Crippen LogP) is -1.44. The van der Waals surface area contributed by atoms with Gasteiger partial charge < -0.3 is 19.3 Å².